The van der Waals surface area contributed by atoms with Crippen molar-refractivity contribution in [3.8, 4) is 0 Å². The number of nitrogens with one attached hydrogen (secondary N) is 1. The molecule has 2 saturated heterocycles. The molecule has 3 rings (SSSR count). The summed E-state index contributed by atoms with van der Waals surface area (Å²) in [7, 11) is 1.56. The first-order valence-electron chi connectivity index (χ1n) is 7.74. The van der Waals surface area contributed by atoms with Crippen molar-refractivity contribution >= 4 is 5.91 Å². The van der Waals surface area contributed by atoms with Crippen molar-refractivity contribution in [1.82, 2.24) is 5.32 Å². The van der Waals surface area contributed by atoms with Gasteiger partial charge in [0, 0.05) is 13.0 Å². The van der Waals surface area contributed by atoms with Gasteiger partial charge >= 0.3 is 0 Å². The lowest BCUT2D eigenvalue weighted by molar-refractivity contribution is -0.436. The van der Waals surface area contributed by atoms with Gasteiger partial charge < -0.3 is 19.9 Å². The van der Waals surface area contributed by atoms with Crippen LogP contribution in [0, 0.1) is 11.8 Å². The molecule has 0 aromatic rings. The van der Waals surface area contributed by atoms with Crippen molar-refractivity contribution in [1.29, 1.82) is 0 Å². The van der Waals surface area contributed by atoms with Crippen LogP contribution >= 0.6 is 0 Å². The first kappa shape index (κ1) is 15.0. The van der Waals surface area contributed by atoms with Crippen molar-refractivity contribution in [2.45, 2.75) is 63.1 Å². The van der Waals surface area contributed by atoms with Gasteiger partial charge in [0.05, 0.1) is 12.0 Å². The smallest absolute Gasteiger partial charge is 0.226 e. The van der Waals surface area contributed by atoms with Gasteiger partial charge in [0.1, 0.15) is 11.1 Å². The Bertz CT molecular complexity index is 493. The third kappa shape index (κ3) is 1.60. The normalized spacial score (nSPS) is 50.2. The maximum Gasteiger partial charge on any atom is 0.226 e. The molecule has 2 N–H and O–H groups in total. The van der Waals surface area contributed by atoms with Gasteiger partial charge in [0.25, 0.3) is 0 Å². The molecule has 118 valence electrons. The Morgan fingerprint density at radius 1 is 1.52 bits per heavy atom. The Kier molecular flexibility index (Phi) is 3.24. The Hall–Kier alpha value is -0.910. The van der Waals surface area contributed by atoms with E-state index in [0.29, 0.717) is 0 Å². The molecule has 0 bridgehead atoms. The number of ether oxygens (including phenoxy) is 2. The lowest BCUT2D eigenvalue weighted by Gasteiger charge is -2.66. The van der Waals surface area contributed by atoms with E-state index in [0.717, 1.165) is 19.3 Å². The fraction of sp³-hybridized carbons (Fsp3) is 0.812. The van der Waals surface area contributed by atoms with Crippen molar-refractivity contribution in [2.75, 3.05) is 7.11 Å². The SMILES string of the molecule is COC1(C)O[C@@]2(C)[C@H](C)C(=O)NC12[C@@H](O)[C@@H]1C=CCCC1. The van der Waals surface area contributed by atoms with Crippen LogP contribution in [0.3, 0.4) is 0 Å². The zero-order valence-corrected chi connectivity index (χ0v) is 13.2. The standard InChI is InChI=1S/C16H25NO4/c1-10-13(19)17-16(12(18)11-8-6-5-7-9-11)14(10,2)21-15(16,3)20-4/h6,8,10-12,18H,5,7,9H2,1-4H3,(H,17,19)/t10-,11-,12+,14+,15?,16?/m1/s1. The molecule has 2 aliphatic heterocycles. The summed E-state index contributed by atoms with van der Waals surface area (Å²) < 4.78 is 11.5. The lowest BCUT2D eigenvalue weighted by atomic mass is 9.60. The maximum atomic E-state index is 12.3. The molecule has 6 atom stereocenters. The second-order valence-electron chi connectivity index (χ2n) is 6.85. The molecule has 0 aromatic heterocycles. The molecule has 5 heteroatoms. The van der Waals surface area contributed by atoms with Gasteiger partial charge in [-0.3, -0.25) is 4.79 Å². The van der Waals surface area contributed by atoms with E-state index >= 15 is 0 Å². The Balaban J connectivity index is 2.03. The number of aliphatic hydroxyl groups excluding tert-OH is 1. The molecule has 2 heterocycles. The molecule has 1 aliphatic carbocycles. The molecule has 0 radical (unpaired) electrons. The van der Waals surface area contributed by atoms with Gasteiger partial charge in [-0.25, -0.2) is 0 Å². The van der Waals surface area contributed by atoms with Crippen LogP contribution in [0.2, 0.25) is 0 Å². The van der Waals surface area contributed by atoms with Crippen LogP contribution in [-0.4, -0.2) is 41.2 Å². The molecule has 21 heavy (non-hydrogen) atoms. The minimum Gasteiger partial charge on any atom is -0.390 e. The second kappa shape index (κ2) is 4.54. The molecule has 3 aliphatic rings. The Morgan fingerprint density at radius 2 is 2.24 bits per heavy atom. The first-order chi connectivity index (χ1) is 9.82. The minimum atomic E-state index is -1.01. The number of fused-ring (bicyclic) bond motifs is 1. The number of carbonyl (C=O) groups is 1. The van der Waals surface area contributed by atoms with Crippen molar-refractivity contribution in [3.63, 3.8) is 0 Å². The van der Waals surface area contributed by atoms with E-state index in [1.807, 2.05) is 13.8 Å². The first-order valence-corrected chi connectivity index (χ1v) is 7.74. The third-order valence-corrected chi connectivity index (χ3v) is 5.98. The summed E-state index contributed by atoms with van der Waals surface area (Å²) in [5.41, 5.74) is -1.66. The van der Waals surface area contributed by atoms with Crippen LogP contribution in [0.1, 0.15) is 40.0 Å². The maximum absolute atomic E-state index is 12.3. The number of carbonyl (C=O) groups excluding carboxylic acids is 1. The van der Waals surface area contributed by atoms with Crippen LogP contribution in [0.5, 0.6) is 0 Å². The van der Waals surface area contributed by atoms with Crippen LogP contribution in [0.15, 0.2) is 12.2 Å². The molecule has 2 unspecified atom stereocenters. The number of allylic oxidation sites excluding steroid dienone is 1. The molecule has 1 amide bonds. The van der Waals surface area contributed by atoms with E-state index in [4.69, 9.17) is 9.47 Å². The summed E-state index contributed by atoms with van der Waals surface area (Å²) in [6.45, 7) is 5.53. The topological polar surface area (TPSA) is 67.8 Å². The fourth-order valence-corrected chi connectivity index (χ4v) is 4.45. The third-order valence-electron chi connectivity index (χ3n) is 5.98. The number of methoxy groups -OCH3 is 1. The second-order valence-corrected chi connectivity index (χ2v) is 6.85. The zero-order chi connectivity index (χ0) is 15.5. The fourth-order valence-electron chi connectivity index (χ4n) is 4.45. The number of rotatable bonds is 3. The van der Waals surface area contributed by atoms with Gasteiger partial charge in [-0.05, 0) is 33.1 Å². The van der Waals surface area contributed by atoms with Crippen molar-refractivity contribution < 1.29 is 19.4 Å². The molecule has 0 saturated carbocycles. The monoisotopic (exact) mass is 295 g/mol. The largest absolute Gasteiger partial charge is 0.390 e. The summed E-state index contributed by atoms with van der Waals surface area (Å²) in [5, 5.41) is 14.1. The molecule has 0 aromatic carbocycles. The number of amides is 1. The Labute approximate surface area is 125 Å². The van der Waals surface area contributed by atoms with E-state index in [2.05, 4.69) is 17.5 Å². The summed E-state index contributed by atoms with van der Waals surface area (Å²) in [6, 6.07) is 0. The van der Waals surface area contributed by atoms with Crippen LogP contribution in [0.25, 0.3) is 0 Å². The van der Waals surface area contributed by atoms with Crippen molar-refractivity contribution in [3.05, 3.63) is 12.2 Å². The summed E-state index contributed by atoms with van der Waals surface area (Å²) in [5.74, 6) is -1.39. The minimum absolute atomic E-state index is 0.0158. The highest BCUT2D eigenvalue weighted by molar-refractivity contribution is 5.85. The van der Waals surface area contributed by atoms with Gasteiger partial charge in [-0.2, -0.15) is 0 Å². The number of aliphatic hydroxyl groups is 1. The average Bonchev–Trinajstić information content (AvgIpc) is 2.66. The predicted molar refractivity (Wildman–Crippen MR) is 77.4 cm³/mol. The summed E-state index contributed by atoms with van der Waals surface area (Å²) in [6.07, 6.45) is 6.46. The summed E-state index contributed by atoms with van der Waals surface area (Å²) in [4.78, 5) is 12.3. The number of hydrogen-bond acceptors (Lipinski definition) is 4. The highest BCUT2D eigenvalue weighted by Gasteiger charge is 2.82. The molecular formula is C16H25NO4. The van der Waals surface area contributed by atoms with E-state index in [-0.39, 0.29) is 17.7 Å². The van der Waals surface area contributed by atoms with E-state index in [1.165, 1.54) is 0 Å². The zero-order valence-electron chi connectivity index (χ0n) is 13.2. The molecule has 0 spiro atoms. The van der Waals surface area contributed by atoms with E-state index in [1.54, 1.807) is 14.0 Å². The highest BCUT2D eigenvalue weighted by atomic mass is 16.7. The van der Waals surface area contributed by atoms with Gasteiger partial charge in [-0.1, -0.05) is 19.1 Å². The highest BCUT2D eigenvalue weighted by Crippen LogP contribution is 2.60. The molecule has 2 fully saturated rings. The van der Waals surface area contributed by atoms with Gasteiger partial charge in [0.2, 0.25) is 5.91 Å². The quantitative estimate of drug-likeness (QED) is 0.772. The van der Waals surface area contributed by atoms with Crippen LogP contribution in [0.4, 0.5) is 0 Å². The number of hydrogen-bond donors (Lipinski definition) is 2. The van der Waals surface area contributed by atoms with E-state index < -0.39 is 23.0 Å². The average molecular weight is 295 g/mol. The predicted octanol–water partition coefficient (Wildman–Crippen LogP) is 1.36. The van der Waals surface area contributed by atoms with E-state index in [9.17, 15) is 9.90 Å². The lowest BCUT2D eigenvalue weighted by Crippen LogP contribution is -2.87. The van der Waals surface area contributed by atoms with Crippen LogP contribution < -0.4 is 5.32 Å². The summed E-state index contributed by atoms with van der Waals surface area (Å²) >= 11 is 0. The molecular weight excluding hydrogens is 270 g/mol. The van der Waals surface area contributed by atoms with Crippen LogP contribution in [-0.2, 0) is 14.3 Å². The van der Waals surface area contributed by atoms with Gasteiger partial charge in [-0.15, -0.1) is 0 Å². The van der Waals surface area contributed by atoms with Crippen molar-refractivity contribution in [2.24, 2.45) is 11.8 Å². The molecule has 5 nitrogen and oxygen atoms in total. The van der Waals surface area contributed by atoms with Gasteiger partial charge in [0.15, 0.2) is 5.79 Å². The Morgan fingerprint density at radius 3 is 2.76 bits per heavy atom.